The first kappa shape index (κ1) is 10.6. The summed E-state index contributed by atoms with van der Waals surface area (Å²) in [6.07, 6.45) is 4.35. The standard InChI is InChI=1S/C11H20N4/c1-12-11-5-8-15(9-11)7-4-10-3-6-14(2)13-10/h3,6,11-12H,4-5,7-9H2,1-2H3. The number of likely N-dealkylation sites (tertiary alicyclic amines) is 1. The van der Waals surface area contributed by atoms with Crippen LogP contribution in [0.3, 0.4) is 0 Å². The van der Waals surface area contributed by atoms with Crippen molar-refractivity contribution in [1.29, 1.82) is 0 Å². The van der Waals surface area contributed by atoms with Crippen molar-refractivity contribution >= 4 is 0 Å². The van der Waals surface area contributed by atoms with Crippen LogP contribution in [0.5, 0.6) is 0 Å². The van der Waals surface area contributed by atoms with Crippen LogP contribution in [-0.4, -0.2) is 47.4 Å². The number of aryl methyl sites for hydroxylation is 1. The van der Waals surface area contributed by atoms with E-state index in [0.29, 0.717) is 6.04 Å². The third kappa shape index (κ3) is 2.79. The van der Waals surface area contributed by atoms with E-state index in [1.807, 2.05) is 25.0 Å². The Morgan fingerprint density at radius 2 is 2.47 bits per heavy atom. The van der Waals surface area contributed by atoms with Gasteiger partial charge in [0.15, 0.2) is 0 Å². The van der Waals surface area contributed by atoms with Gasteiger partial charge in [0.2, 0.25) is 0 Å². The molecule has 1 saturated heterocycles. The monoisotopic (exact) mass is 208 g/mol. The molecule has 0 amide bonds. The average Bonchev–Trinajstić information content (AvgIpc) is 2.83. The van der Waals surface area contributed by atoms with Gasteiger partial charge in [0.1, 0.15) is 0 Å². The van der Waals surface area contributed by atoms with Gasteiger partial charge >= 0.3 is 0 Å². The van der Waals surface area contributed by atoms with Crippen molar-refractivity contribution in [3.8, 4) is 0 Å². The minimum atomic E-state index is 0.689. The number of likely N-dealkylation sites (N-methyl/N-ethyl adjacent to an activating group) is 1. The Hall–Kier alpha value is -0.870. The van der Waals surface area contributed by atoms with Crippen LogP contribution in [0.25, 0.3) is 0 Å². The Labute approximate surface area is 91.3 Å². The zero-order chi connectivity index (χ0) is 10.7. The number of hydrogen-bond acceptors (Lipinski definition) is 3. The van der Waals surface area contributed by atoms with E-state index in [0.717, 1.165) is 13.0 Å². The molecule has 2 rings (SSSR count). The molecule has 15 heavy (non-hydrogen) atoms. The van der Waals surface area contributed by atoms with Crippen LogP contribution in [0.4, 0.5) is 0 Å². The predicted octanol–water partition coefficient (Wildman–Crippen LogP) is 0.256. The van der Waals surface area contributed by atoms with Crippen LogP contribution in [0.2, 0.25) is 0 Å². The van der Waals surface area contributed by atoms with E-state index in [9.17, 15) is 0 Å². The topological polar surface area (TPSA) is 33.1 Å². The average molecular weight is 208 g/mol. The zero-order valence-corrected chi connectivity index (χ0v) is 9.61. The molecule has 1 unspecified atom stereocenters. The van der Waals surface area contributed by atoms with Gasteiger partial charge in [-0.2, -0.15) is 5.10 Å². The first-order valence-corrected chi connectivity index (χ1v) is 5.66. The summed E-state index contributed by atoms with van der Waals surface area (Å²) in [4.78, 5) is 2.51. The normalized spacial score (nSPS) is 22.4. The summed E-state index contributed by atoms with van der Waals surface area (Å²) < 4.78 is 1.87. The molecule has 4 nitrogen and oxygen atoms in total. The van der Waals surface area contributed by atoms with Crippen LogP contribution < -0.4 is 5.32 Å². The second-order valence-electron chi connectivity index (χ2n) is 4.31. The van der Waals surface area contributed by atoms with E-state index >= 15 is 0 Å². The molecule has 0 bridgehead atoms. The Kier molecular flexibility index (Phi) is 3.38. The molecule has 1 aromatic rings. The molecule has 0 aliphatic carbocycles. The smallest absolute Gasteiger partial charge is 0.0637 e. The van der Waals surface area contributed by atoms with Gasteiger partial charge in [-0.05, 0) is 26.1 Å². The largest absolute Gasteiger partial charge is 0.316 e. The van der Waals surface area contributed by atoms with Gasteiger partial charge < -0.3 is 10.2 Å². The maximum Gasteiger partial charge on any atom is 0.0637 e. The van der Waals surface area contributed by atoms with Crippen molar-refractivity contribution in [3.63, 3.8) is 0 Å². The molecule has 0 saturated carbocycles. The van der Waals surface area contributed by atoms with Gasteiger partial charge in [-0.25, -0.2) is 0 Å². The number of nitrogens with one attached hydrogen (secondary N) is 1. The minimum absolute atomic E-state index is 0.689. The van der Waals surface area contributed by atoms with Crippen LogP contribution in [0.1, 0.15) is 12.1 Å². The molecule has 1 aromatic heterocycles. The second kappa shape index (κ2) is 4.77. The fraction of sp³-hybridized carbons (Fsp3) is 0.727. The Morgan fingerprint density at radius 3 is 3.07 bits per heavy atom. The van der Waals surface area contributed by atoms with Gasteiger partial charge in [-0.1, -0.05) is 0 Å². The van der Waals surface area contributed by atoms with Gasteiger partial charge in [-0.3, -0.25) is 4.68 Å². The number of hydrogen-bond donors (Lipinski definition) is 1. The fourth-order valence-corrected chi connectivity index (χ4v) is 2.14. The molecule has 0 aromatic carbocycles. The summed E-state index contributed by atoms with van der Waals surface area (Å²) in [6.45, 7) is 3.54. The van der Waals surface area contributed by atoms with Crippen molar-refractivity contribution in [2.45, 2.75) is 18.9 Å². The quantitative estimate of drug-likeness (QED) is 0.770. The Balaban J connectivity index is 1.75. The number of rotatable bonds is 4. The van der Waals surface area contributed by atoms with Crippen LogP contribution >= 0.6 is 0 Å². The van der Waals surface area contributed by atoms with Gasteiger partial charge in [0, 0.05) is 38.8 Å². The third-order valence-electron chi connectivity index (χ3n) is 3.13. The van der Waals surface area contributed by atoms with E-state index in [1.165, 1.54) is 25.2 Å². The Bertz CT molecular complexity index is 307. The summed E-state index contributed by atoms with van der Waals surface area (Å²) in [5, 5.41) is 7.72. The first-order chi connectivity index (χ1) is 7.28. The van der Waals surface area contributed by atoms with E-state index in [4.69, 9.17) is 0 Å². The molecular weight excluding hydrogens is 188 g/mol. The molecule has 2 heterocycles. The molecule has 1 aliphatic rings. The van der Waals surface area contributed by atoms with Crippen molar-refractivity contribution in [2.24, 2.45) is 7.05 Å². The number of aromatic nitrogens is 2. The highest BCUT2D eigenvalue weighted by atomic mass is 15.3. The lowest BCUT2D eigenvalue weighted by Crippen LogP contribution is -2.30. The first-order valence-electron chi connectivity index (χ1n) is 5.66. The molecule has 4 heteroatoms. The predicted molar refractivity (Wildman–Crippen MR) is 60.8 cm³/mol. The van der Waals surface area contributed by atoms with Crippen molar-refractivity contribution < 1.29 is 0 Å². The molecule has 1 aliphatic heterocycles. The lowest BCUT2D eigenvalue weighted by Gasteiger charge is -2.14. The van der Waals surface area contributed by atoms with Gasteiger partial charge in [0.25, 0.3) is 0 Å². The van der Waals surface area contributed by atoms with E-state index in [-0.39, 0.29) is 0 Å². The molecule has 84 valence electrons. The molecule has 0 radical (unpaired) electrons. The maximum atomic E-state index is 4.39. The molecule has 1 N–H and O–H groups in total. The summed E-state index contributed by atoms with van der Waals surface area (Å²) in [5.41, 5.74) is 1.20. The zero-order valence-electron chi connectivity index (χ0n) is 9.61. The Morgan fingerprint density at radius 1 is 1.60 bits per heavy atom. The van der Waals surface area contributed by atoms with Crippen LogP contribution in [-0.2, 0) is 13.5 Å². The third-order valence-corrected chi connectivity index (χ3v) is 3.13. The highest BCUT2D eigenvalue weighted by molar-refractivity contribution is 4.99. The summed E-state index contributed by atoms with van der Waals surface area (Å²) >= 11 is 0. The SMILES string of the molecule is CNC1CCN(CCc2ccn(C)n2)C1. The van der Waals surface area contributed by atoms with Crippen molar-refractivity contribution in [2.75, 3.05) is 26.7 Å². The highest BCUT2D eigenvalue weighted by Gasteiger charge is 2.20. The molecule has 0 spiro atoms. The molecular formula is C11H20N4. The van der Waals surface area contributed by atoms with Crippen LogP contribution in [0, 0.1) is 0 Å². The minimum Gasteiger partial charge on any atom is -0.316 e. The maximum absolute atomic E-state index is 4.39. The number of nitrogens with zero attached hydrogens (tertiary/aromatic N) is 3. The van der Waals surface area contributed by atoms with E-state index in [2.05, 4.69) is 21.4 Å². The van der Waals surface area contributed by atoms with E-state index < -0.39 is 0 Å². The summed E-state index contributed by atoms with van der Waals surface area (Å²) in [5.74, 6) is 0. The fourth-order valence-electron chi connectivity index (χ4n) is 2.14. The second-order valence-corrected chi connectivity index (χ2v) is 4.31. The lowest BCUT2D eigenvalue weighted by molar-refractivity contribution is 0.332. The van der Waals surface area contributed by atoms with Crippen molar-refractivity contribution in [1.82, 2.24) is 20.0 Å². The summed E-state index contributed by atoms with van der Waals surface area (Å²) in [7, 11) is 4.02. The van der Waals surface area contributed by atoms with Crippen LogP contribution in [0.15, 0.2) is 12.3 Å². The van der Waals surface area contributed by atoms with Crippen molar-refractivity contribution in [3.05, 3.63) is 18.0 Å². The van der Waals surface area contributed by atoms with E-state index in [1.54, 1.807) is 0 Å². The molecule has 1 fully saturated rings. The highest BCUT2D eigenvalue weighted by Crippen LogP contribution is 2.09. The lowest BCUT2D eigenvalue weighted by atomic mass is 10.3. The van der Waals surface area contributed by atoms with Gasteiger partial charge in [0.05, 0.1) is 5.69 Å². The molecule has 1 atom stereocenters. The van der Waals surface area contributed by atoms with Gasteiger partial charge in [-0.15, -0.1) is 0 Å². The summed E-state index contributed by atoms with van der Waals surface area (Å²) in [6, 6.07) is 2.79.